The van der Waals surface area contributed by atoms with Crippen molar-refractivity contribution in [2.24, 2.45) is 5.41 Å². The molecule has 1 heterocycles. The summed E-state index contributed by atoms with van der Waals surface area (Å²) in [5.41, 5.74) is -0.731. The van der Waals surface area contributed by atoms with Crippen LogP contribution in [0.4, 0.5) is 0 Å². The van der Waals surface area contributed by atoms with Gasteiger partial charge < -0.3 is 10.2 Å². The second kappa shape index (κ2) is 3.78. The summed E-state index contributed by atoms with van der Waals surface area (Å²) in [6, 6.07) is 2.16. The zero-order chi connectivity index (χ0) is 11.8. The third-order valence-corrected chi connectivity index (χ3v) is 3.26. The number of likely N-dealkylation sites (tertiary alicyclic amines) is 1. The molecular weight excluding hydrogens is 206 g/mol. The molecule has 0 radical (unpaired) electrons. The highest BCUT2D eigenvalue weighted by molar-refractivity contribution is 5.88. The SMILES string of the molecule is CC(=O)NC1CCN(C(=O)C2(C#N)CC2)C1. The van der Waals surface area contributed by atoms with E-state index in [-0.39, 0.29) is 17.9 Å². The van der Waals surface area contributed by atoms with Crippen LogP contribution in [0.15, 0.2) is 0 Å². The molecule has 0 bridgehead atoms. The van der Waals surface area contributed by atoms with E-state index >= 15 is 0 Å². The molecular formula is C11H15N3O2. The summed E-state index contributed by atoms with van der Waals surface area (Å²) < 4.78 is 0. The van der Waals surface area contributed by atoms with Crippen LogP contribution in [0.5, 0.6) is 0 Å². The van der Waals surface area contributed by atoms with Gasteiger partial charge in [0.1, 0.15) is 5.41 Å². The number of carbonyl (C=O) groups excluding carboxylic acids is 2. The predicted molar refractivity (Wildman–Crippen MR) is 56.1 cm³/mol. The van der Waals surface area contributed by atoms with E-state index in [9.17, 15) is 9.59 Å². The minimum atomic E-state index is -0.731. The highest BCUT2D eigenvalue weighted by atomic mass is 16.2. The number of hydrogen-bond donors (Lipinski definition) is 1. The topological polar surface area (TPSA) is 73.2 Å². The molecule has 0 spiro atoms. The Morgan fingerprint density at radius 2 is 2.19 bits per heavy atom. The van der Waals surface area contributed by atoms with E-state index in [1.807, 2.05) is 0 Å². The Balaban J connectivity index is 1.92. The van der Waals surface area contributed by atoms with E-state index in [4.69, 9.17) is 5.26 Å². The van der Waals surface area contributed by atoms with Gasteiger partial charge in [-0.15, -0.1) is 0 Å². The normalized spacial score (nSPS) is 26.0. The molecule has 1 atom stereocenters. The van der Waals surface area contributed by atoms with Gasteiger partial charge in [-0.25, -0.2) is 0 Å². The quantitative estimate of drug-likeness (QED) is 0.714. The summed E-state index contributed by atoms with van der Waals surface area (Å²) in [6.07, 6.45) is 2.15. The van der Waals surface area contributed by atoms with Crippen molar-refractivity contribution in [3.8, 4) is 6.07 Å². The van der Waals surface area contributed by atoms with Crippen molar-refractivity contribution in [3.05, 3.63) is 0 Å². The van der Waals surface area contributed by atoms with Crippen molar-refractivity contribution in [1.82, 2.24) is 10.2 Å². The summed E-state index contributed by atoms with van der Waals surface area (Å²) in [6.45, 7) is 2.66. The van der Waals surface area contributed by atoms with Crippen molar-refractivity contribution in [3.63, 3.8) is 0 Å². The summed E-state index contributed by atoms with van der Waals surface area (Å²) in [5.74, 6) is -0.122. The van der Waals surface area contributed by atoms with Gasteiger partial charge in [0.15, 0.2) is 0 Å². The summed E-state index contributed by atoms with van der Waals surface area (Å²) >= 11 is 0. The molecule has 1 aliphatic carbocycles. The first-order valence-electron chi connectivity index (χ1n) is 5.55. The Morgan fingerprint density at radius 3 is 2.69 bits per heavy atom. The molecule has 2 rings (SSSR count). The van der Waals surface area contributed by atoms with Gasteiger partial charge in [0, 0.05) is 26.1 Å². The van der Waals surface area contributed by atoms with Crippen LogP contribution >= 0.6 is 0 Å². The molecule has 1 aliphatic heterocycles. The molecule has 2 amide bonds. The van der Waals surface area contributed by atoms with Gasteiger partial charge in [0.2, 0.25) is 11.8 Å². The van der Waals surface area contributed by atoms with Gasteiger partial charge in [-0.1, -0.05) is 0 Å². The predicted octanol–water partition coefficient (Wildman–Crippen LogP) is 0.0272. The number of carbonyl (C=O) groups is 2. The summed E-state index contributed by atoms with van der Waals surface area (Å²) in [4.78, 5) is 24.6. The average Bonchev–Trinajstić information content (AvgIpc) is 2.92. The molecule has 2 aliphatic rings. The number of nitrogens with zero attached hydrogens (tertiary/aromatic N) is 2. The lowest BCUT2D eigenvalue weighted by atomic mass is 10.1. The maximum atomic E-state index is 12.0. The van der Waals surface area contributed by atoms with Crippen LogP contribution in [0.3, 0.4) is 0 Å². The maximum absolute atomic E-state index is 12.0. The molecule has 2 fully saturated rings. The van der Waals surface area contributed by atoms with Gasteiger partial charge in [0.05, 0.1) is 6.07 Å². The minimum Gasteiger partial charge on any atom is -0.352 e. The van der Waals surface area contributed by atoms with Crippen LogP contribution in [0.25, 0.3) is 0 Å². The van der Waals surface area contributed by atoms with Crippen LogP contribution in [0, 0.1) is 16.7 Å². The van der Waals surface area contributed by atoms with Crippen molar-refractivity contribution in [1.29, 1.82) is 5.26 Å². The van der Waals surface area contributed by atoms with Crippen molar-refractivity contribution >= 4 is 11.8 Å². The van der Waals surface area contributed by atoms with Crippen LogP contribution in [0.2, 0.25) is 0 Å². The Hall–Kier alpha value is -1.57. The summed E-state index contributed by atoms with van der Waals surface area (Å²) in [7, 11) is 0. The zero-order valence-electron chi connectivity index (χ0n) is 9.32. The molecule has 16 heavy (non-hydrogen) atoms. The molecule has 0 aromatic heterocycles. The minimum absolute atomic E-state index is 0.0518. The smallest absolute Gasteiger partial charge is 0.243 e. The van der Waals surface area contributed by atoms with E-state index in [0.29, 0.717) is 25.9 Å². The molecule has 86 valence electrons. The Kier molecular flexibility index (Phi) is 2.58. The fraction of sp³-hybridized carbons (Fsp3) is 0.727. The molecule has 0 aromatic rings. The molecule has 5 nitrogen and oxygen atoms in total. The monoisotopic (exact) mass is 221 g/mol. The second-order valence-corrected chi connectivity index (χ2v) is 4.63. The lowest BCUT2D eigenvalue weighted by molar-refractivity contribution is -0.134. The maximum Gasteiger partial charge on any atom is 0.243 e. The first kappa shape index (κ1) is 10.9. The number of hydrogen-bond acceptors (Lipinski definition) is 3. The van der Waals surface area contributed by atoms with E-state index < -0.39 is 5.41 Å². The largest absolute Gasteiger partial charge is 0.352 e. The van der Waals surface area contributed by atoms with E-state index in [1.165, 1.54) is 6.92 Å². The van der Waals surface area contributed by atoms with Gasteiger partial charge in [-0.3, -0.25) is 9.59 Å². The number of nitrogens with one attached hydrogen (secondary N) is 1. The molecule has 0 aromatic carbocycles. The highest BCUT2D eigenvalue weighted by Crippen LogP contribution is 2.46. The number of amides is 2. The highest BCUT2D eigenvalue weighted by Gasteiger charge is 2.53. The third-order valence-electron chi connectivity index (χ3n) is 3.26. The first-order valence-corrected chi connectivity index (χ1v) is 5.55. The fourth-order valence-corrected chi connectivity index (χ4v) is 2.15. The molecule has 5 heteroatoms. The standard InChI is InChI=1S/C11H15N3O2/c1-8(15)13-9-2-5-14(6-9)10(16)11(7-12)3-4-11/h9H,2-6H2,1H3,(H,13,15). The summed E-state index contributed by atoms with van der Waals surface area (Å²) in [5, 5.41) is 11.7. The van der Waals surface area contributed by atoms with E-state index in [2.05, 4.69) is 11.4 Å². The number of nitriles is 1. The van der Waals surface area contributed by atoms with E-state index in [1.54, 1.807) is 4.90 Å². The second-order valence-electron chi connectivity index (χ2n) is 4.63. The fourth-order valence-electron chi connectivity index (χ4n) is 2.15. The van der Waals surface area contributed by atoms with Crippen molar-refractivity contribution in [2.45, 2.75) is 32.2 Å². The average molecular weight is 221 g/mol. The van der Waals surface area contributed by atoms with Gasteiger partial charge in [-0.2, -0.15) is 5.26 Å². The lowest BCUT2D eigenvalue weighted by Gasteiger charge is -2.19. The molecule has 1 saturated carbocycles. The van der Waals surface area contributed by atoms with Gasteiger partial charge >= 0.3 is 0 Å². The molecule has 1 unspecified atom stereocenters. The van der Waals surface area contributed by atoms with Crippen LogP contribution in [-0.4, -0.2) is 35.8 Å². The Labute approximate surface area is 94.4 Å². The van der Waals surface area contributed by atoms with Crippen LogP contribution < -0.4 is 5.32 Å². The molecule has 1 saturated heterocycles. The Bertz CT molecular complexity index is 368. The van der Waals surface area contributed by atoms with Crippen molar-refractivity contribution < 1.29 is 9.59 Å². The third kappa shape index (κ3) is 1.87. The van der Waals surface area contributed by atoms with E-state index in [0.717, 1.165) is 6.42 Å². The van der Waals surface area contributed by atoms with Crippen molar-refractivity contribution in [2.75, 3.05) is 13.1 Å². The molecule has 1 N–H and O–H groups in total. The Morgan fingerprint density at radius 1 is 1.50 bits per heavy atom. The lowest BCUT2D eigenvalue weighted by Crippen LogP contribution is -2.39. The number of rotatable bonds is 2. The van der Waals surface area contributed by atoms with Crippen LogP contribution in [0.1, 0.15) is 26.2 Å². The van der Waals surface area contributed by atoms with Crippen LogP contribution in [-0.2, 0) is 9.59 Å². The van der Waals surface area contributed by atoms with Gasteiger partial charge in [-0.05, 0) is 19.3 Å². The zero-order valence-corrected chi connectivity index (χ0v) is 9.32. The first-order chi connectivity index (χ1) is 7.57. The van der Waals surface area contributed by atoms with Gasteiger partial charge in [0.25, 0.3) is 0 Å².